The summed E-state index contributed by atoms with van der Waals surface area (Å²) >= 11 is 0. The van der Waals surface area contributed by atoms with Gasteiger partial charge in [-0.2, -0.15) is 0 Å². The maximum atomic E-state index is 5.37. The summed E-state index contributed by atoms with van der Waals surface area (Å²) in [4.78, 5) is 22.9. The maximum Gasteiger partial charge on any atom is 0.0737 e. The maximum absolute atomic E-state index is 5.37. The molecule has 0 atom stereocenters. The van der Waals surface area contributed by atoms with E-state index >= 15 is 0 Å². The summed E-state index contributed by atoms with van der Waals surface area (Å²) in [6.45, 7) is 3.25. The van der Waals surface area contributed by atoms with Crippen LogP contribution in [0.2, 0.25) is 0 Å². The van der Waals surface area contributed by atoms with Crippen LogP contribution < -0.4 is 0 Å². The molecule has 0 amide bonds. The molecule has 269 valence electrons. The van der Waals surface area contributed by atoms with Gasteiger partial charge in [0.2, 0.25) is 0 Å². The van der Waals surface area contributed by atoms with Crippen LogP contribution in [0.3, 0.4) is 0 Å². The van der Waals surface area contributed by atoms with Gasteiger partial charge in [-0.1, -0.05) is 18.2 Å². The third kappa shape index (κ3) is 6.58. The predicted molar refractivity (Wildman–Crippen MR) is 218 cm³/mol. The Morgan fingerprint density at radius 1 is 0.509 bits per heavy atom. The molecule has 3 aromatic rings. The first-order valence-corrected chi connectivity index (χ1v) is 17.9. The van der Waals surface area contributed by atoms with Crippen molar-refractivity contribution in [1.29, 1.82) is 0 Å². The molecule has 6 aliphatic rings. The summed E-state index contributed by atoms with van der Waals surface area (Å²) < 4.78 is 2.48. The van der Waals surface area contributed by atoms with E-state index in [9.17, 15) is 0 Å². The van der Waals surface area contributed by atoms with Gasteiger partial charge in [-0.25, -0.2) is 9.97 Å². The van der Waals surface area contributed by atoms with Crippen LogP contribution in [0, 0.1) is 0 Å². The predicted octanol–water partition coefficient (Wildman–Crippen LogP) is 7.95. The number of nitrogens with one attached hydrogen (secondary N) is 1. The summed E-state index contributed by atoms with van der Waals surface area (Å²) in [5.41, 5.74) is 16.0. The van der Waals surface area contributed by atoms with E-state index in [0.29, 0.717) is 0 Å². The molecule has 0 aromatic carbocycles. The number of hydrogen-bond donors (Lipinski definition) is 1. The molecule has 8 bridgehead atoms. The molecule has 9 heteroatoms. The Hall–Kier alpha value is -5.76. The second-order valence-electron chi connectivity index (χ2n) is 14.2. The van der Waals surface area contributed by atoms with Crippen LogP contribution in [-0.4, -0.2) is 93.5 Å². The van der Waals surface area contributed by atoms with Crippen molar-refractivity contribution in [3.05, 3.63) is 143 Å². The van der Waals surface area contributed by atoms with Crippen LogP contribution in [0.1, 0.15) is 39.5 Å². The van der Waals surface area contributed by atoms with E-state index in [-0.39, 0.29) is 17.1 Å². The van der Waals surface area contributed by atoms with Crippen molar-refractivity contribution in [1.82, 2.24) is 39.1 Å². The van der Waals surface area contributed by atoms with Crippen LogP contribution in [0.5, 0.6) is 0 Å². The fraction of sp³-hybridized carbons (Fsp3) is 0.182. The molecule has 1 N–H and O–H groups in total. The quantitative estimate of drug-likeness (QED) is 0.189. The molecule has 0 fully saturated rings. The molecule has 0 aliphatic carbocycles. The van der Waals surface area contributed by atoms with E-state index in [0.717, 1.165) is 87.9 Å². The Balaban J connectivity index is 0.00000400. The number of fused-ring (bicyclic) bond motifs is 8. The standard InChI is InChI=1S/C44H42N8.Cu/c1-48-19-11-30(12-20-48)41-39-10-9-36(47-39)28-35-6-5-33(45-35)27-34-7-8-37(46-34)29-40-42(31-13-21-49(2)22-14-31)43(32-15-23-50(3)24-16-32)44(41)52(40)38-17-25-51(4)26-18-38;/h5-19,21,23,25,27-29,45H,20,22,24,26H2,1-4H3;. The molecule has 8 nitrogen and oxygen atoms in total. The van der Waals surface area contributed by atoms with Crippen LogP contribution in [-0.2, 0) is 17.1 Å². The molecule has 9 heterocycles. The first kappa shape index (κ1) is 34.3. The zero-order valence-corrected chi connectivity index (χ0v) is 31.3. The van der Waals surface area contributed by atoms with Crippen molar-refractivity contribution in [2.75, 3.05) is 54.4 Å². The minimum Gasteiger partial charge on any atom is -0.377 e. The fourth-order valence-electron chi connectivity index (χ4n) is 7.45. The third-order valence-electron chi connectivity index (χ3n) is 10.2. The number of aromatic nitrogens is 4. The molecular weight excluding hydrogens is 704 g/mol. The molecule has 6 aliphatic heterocycles. The molecule has 0 saturated heterocycles. The molecule has 3 aromatic heterocycles. The molecule has 9 rings (SSSR count). The zero-order valence-electron chi connectivity index (χ0n) is 30.4. The first-order valence-electron chi connectivity index (χ1n) is 17.9. The topological polar surface area (TPSA) is 59.5 Å². The second kappa shape index (κ2) is 14.0. The van der Waals surface area contributed by atoms with Gasteiger partial charge in [0.15, 0.2) is 0 Å². The monoisotopic (exact) mass is 745 g/mol. The Morgan fingerprint density at radius 3 is 1.55 bits per heavy atom. The molecule has 1 radical (unpaired) electrons. The average Bonchev–Trinajstić information content (AvgIpc) is 3.95. The number of H-pyrrole nitrogens is 1. The Bertz CT molecular complexity index is 2490. The summed E-state index contributed by atoms with van der Waals surface area (Å²) in [5.74, 6) is 0. The first-order chi connectivity index (χ1) is 25.4. The van der Waals surface area contributed by atoms with Gasteiger partial charge < -0.3 is 29.2 Å². The van der Waals surface area contributed by atoms with Crippen molar-refractivity contribution >= 4 is 68.8 Å². The van der Waals surface area contributed by atoms with Gasteiger partial charge in [-0.15, -0.1) is 0 Å². The van der Waals surface area contributed by atoms with Crippen molar-refractivity contribution in [3.8, 4) is 0 Å². The van der Waals surface area contributed by atoms with Gasteiger partial charge in [0.05, 0.1) is 33.8 Å². The van der Waals surface area contributed by atoms with Gasteiger partial charge in [0.25, 0.3) is 0 Å². The van der Waals surface area contributed by atoms with Crippen molar-refractivity contribution in [3.63, 3.8) is 0 Å². The van der Waals surface area contributed by atoms with Gasteiger partial charge in [-0.3, -0.25) is 0 Å². The van der Waals surface area contributed by atoms with Crippen LogP contribution in [0.25, 0.3) is 68.8 Å². The second-order valence-corrected chi connectivity index (χ2v) is 14.2. The van der Waals surface area contributed by atoms with E-state index in [1.54, 1.807) is 0 Å². The van der Waals surface area contributed by atoms with E-state index < -0.39 is 0 Å². The van der Waals surface area contributed by atoms with Gasteiger partial charge in [0.1, 0.15) is 0 Å². The smallest absolute Gasteiger partial charge is 0.0737 e. The zero-order chi connectivity index (χ0) is 35.3. The van der Waals surface area contributed by atoms with Crippen LogP contribution in [0.15, 0.2) is 104 Å². The Kier molecular flexibility index (Phi) is 9.06. The average molecular weight is 746 g/mol. The van der Waals surface area contributed by atoms with Crippen LogP contribution >= 0.6 is 0 Å². The van der Waals surface area contributed by atoms with Crippen molar-refractivity contribution < 1.29 is 17.1 Å². The third-order valence-corrected chi connectivity index (χ3v) is 10.2. The van der Waals surface area contributed by atoms with Gasteiger partial charge >= 0.3 is 0 Å². The Labute approximate surface area is 321 Å². The summed E-state index contributed by atoms with van der Waals surface area (Å²) in [7, 11) is 8.48. The minimum absolute atomic E-state index is 0. The molecule has 0 spiro atoms. The fourth-order valence-corrected chi connectivity index (χ4v) is 7.45. The van der Waals surface area contributed by atoms with Gasteiger partial charge in [0, 0.05) is 111 Å². The molecule has 0 saturated carbocycles. The summed E-state index contributed by atoms with van der Waals surface area (Å²) in [5, 5.41) is 0. The van der Waals surface area contributed by atoms with Crippen molar-refractivity contribution in [2.45, 2.75) is 0 Å². The van der Waals surface area contributed by atoms with E-state index in [1.807, 2.05) is 0 Å². The van der Waals surface area contributed by atoms with E-state index in [4.69, 9.17) is 9.97 Å². The number of allylic oxidation sites excluding steroid dienone is 8. The number of rotatable bonds is 4. The Morgan fingerprint density at radius 2 is 1.00 bits per heavy atom. The van der Waals surface area contributed by atoms with Crippen LogP contribution in [0.4, 0.5) is 0 Å². The summed E-state index contributed by atoms with van der Waals surface area (Å²) in [6, 6.07) is 10.7. The SMILES string of the molecule is CN1C=CC(c2c(C3=CCN(C)C=C3)c3c(C4=CCN(C)C=C4)c4nc(cc5ccc(cc6nc(cc2n3C2=CCN(C)C=C2)C=C6)[nH]5)C=C4)=CC1.[Cu]. The number of likely N-dealkylation sites (N-methyl/N-ethyl adjacent to an activating group) is 4. The molecule has 0 unspecified atom stereocenters. The number of aromatic amines is 1. The number of hydrogen-bond acceptors (Lipinski definition) is 6. The molecular formula is C44H42CuN8. The van der Waals surface area contributed by atoms with E-state index in [1.165, 1.54) is 22.3 Å². The summed E-state index contributed by atoms with van der Waals surface area (Å²) in [6.07, 6.45) is 35.7. The normalized spacial score (nSPS) is 17.6. The van der Waals surface area contributed by atoms with Crippen molar-refractivity contribution in [2.24, 2.45) is 0 Å². The molecule has 53 heavy (non-hydrogen) atoms. The number of nitrogens with zero attached hydrogens (tertiary/aromatic N) is 7. The van der Waals surface area contributed by atoms with E-state index in [2.05, 4.69) is 185 Å². The largest absolute Gasteiger partial charge is 0.377 e. The minimum atomic E-state index is 0. The van der Waals surface area contributed by atoms with Gasteiger partial charge in [-0.05, 0) is 120 Å².